The number of rotatable bonds is 6. The zero-order valence-electron chi connectivity index (χ0n) is 12.4. The predicted molar refractivity (Wildman–Crippen MR) is 84.0 cm³/mol. The van der Waals surface area contributed by atoms with E-state index in [1.165, 1.54) is 31.5 Å². The van der Waals surface area contributed by atoms with Gasteiger partial charge in [-0.25, -0.2) is 5.43 Å². The van der Waals surface area contributed by atoms with E-state index in [9.17, 15) is 15.0 Å². The van der Waals surface area contributed by atoms with E-state index in [4.69, 9.17) is 9.47 Å². The summed E-state index contributed by atoms with van der Waals surface area (Å²) in [7, 11) is 1.51. The van der Waals surface area contributed by atoms with Crippen LogP contribution in [-0.4, -0.2) is 36.1 Å². The largest absolute Gasteiger partial charge is 0.508 e. The number of nitrogens with one attached hydrogen (secondary N) is 1. The summed E-state index contributed by atoms with van der Waals surface area (Å²) < 4.78 is 10.4. The summed E-state index contributed by atoms with van der Waals surface area (Å²) in [6, 6.07) is 11.0. The Morgan fingerprint density at radius 1 is 1.22 bits per heavy atom. The minimum Gasteiger partial charge on any atom is -0.508 e. The maximum absolute atomic E-state index is 11.7. The highest BCUT2D eigenvalue weighted by Gasteiger charge is 2.06. The molecule has 0 aliphatic heterocycles. The van der Waals surface area contributed by atoms with Gasteiger partial charge in [-0.1, -0.05) is 12.1 Å². The van der Waals surface area contributed by atoms with Gasteiger partial charge in [0.25, 0.3) is 5.91 Å². The number of phenolic OH excluding ortho intramolecular Hbond substituents is 2. The Labute approximate surface area is 132 Å². The number of nitrogens with zero attached hydrogens (tertiary/aromatic N) is 1. The van der Waals surface area contributed by atoms with E-state index in [0.29, 0.717) is 17.1 Å². The summed E-state index contributed by atoms with van der Waals surface area (Å²) in [5.74, 6) is 0.302. The lowest BCUT2D eigenvalue weighted by molar-refractivity contribution is -0.123. The molecule has 0 fully saturated rings. The second-order valence-electron chi connectivity index (χ2n) is 4.48. The Morgan fingerprint density at radius 3 is 2.65 bits per heavy atom. The quantitative estimate of drug-likeness (QED) is 0.555. The van der Waals surface area contributed by atoms with E-state index in [-0.39, 0.29) is 18.1 Å². The third kappa shape index (κ3) is 4.63. The molecule has 0 aliphatic carbocycles. The number of carbonyl (C=O) groups excluding carboxylic acids is 1. The summed E-state index contributed by atoms with van der Waals surface area (Å²) in [6.45, 7) is -0.237. The zero-order chi connectivity index (χ0) is 16.7. The fraction of sp³-hybridized carbons (Fsp3) is 0.125. The number of benzene rings is 2. The van der Waals surface area contributed by atoms with Gasteiger partial charge in [-0.05, 0) is 24.3 Å². The average molecular weight is 316 g/mol. The van der Waals surface area contributed by atoms with Crippen LogP contribution in [0.25, 0.3) is 0 Å². The van der Waals surface area contributed by atoms with Crippen molar-refractivity contribution in [2.75, 3.05) is 13.7 Å². The lowest BCUT2D eigenvalue weighted by Crippen LogP contribution is -2.24. The third-order valence-electron chi connectivity index (χ3n) is 2.83. The van der Waals surface area contributed by atoms with Crippen molar-refractivity contribution in [1.82, 2.24) is 5.43 Å². The maximum Gasteiger partial charge on any atom is 0.277 e. The average Bonchev–Trinajstić information content (AvgIpc) is 2.55. The van der Waals surface area contributed by atoms with Gasteiger partial charge < -0.3 is 19.7 Å². The van der Waals surface area contributed by atoms with Crippen LogP contribution in [0.3, 0.4) is 0 Å². The van der Waals surface area contributed by atoms with Crippen molar-refractivity contribution in [3.63, 3.8) is 0 Å². The number of aromatic hydroxyl groups is 2. The van der Waals surface area contributed by atoms with E-state index < -0.39 is 5.91 Å². The lowest BCUT2D eigenvalue weighted by Gasteiger charge is -2.09. The molecule has 0 atom stereocenters. The predicted octanol–water partition coefficient (Wildman–Crippen LogP) is 1.64. The molecule has 0 bridgehead atoms. The fourth-order valence-electron chi connectivity index (χ4n) is 1.73. The van der Waals surface area contributed by atoms with Crippen LogP contribution in [0.4, 0.5) is 0 Å². The monoisotopic (exact) mass is 316 g/mol. The van der Waals surface area contributed by atoms with Gasteiger partial charge in [-0.3, -0.25) is 4.79 Å². The van der Waals surface area contributed by atoms with Crippen LogP contribution in [0, 0.1) is 0 Å². The number of hydrazone groups is 1. The number of carbonyl (C=O) groups is 1. The van der Waals surface area contributed by atoms with Crippen molar-refractivity contribution in [2.45, 2.75) is 0 Å². The van der Waals surface area contributed by atoms with Gasteiger partial charge in [-0.2, -0.15) is 5.10 Å². The first kappa shape index (κ1) is 16.2. The molecule has 0 aliphatic rings. The number of phenols is 2. The molecule has 3 N–H and O–H groups in total. The molecule has 2 aromatic rings. The van der Waals surface area contributed by atoms with Crippen LogP contribution in [0.15, 0.2) is 47.6 Å². The molecule has 2 rings (SSSR count). The minimum atomic E-state index is -0.467. The second kappa shape index (κ2) is 7.69. The molecule has 7 heteroatoms. The summed E-state index contributed by atoms with van der Waals surface area (Å²) in [5, 5.41) is 22.4. The highest BCUT2D eigenvalue weighted by Crippen LogP contribution is 2.25. The Hall–Kier alpha value is -3.22. The molecule has 0 heterocycles. The number of amides is 1. The van der Waals surface area contributed by atoms with Gasteiger partial charge in [0.2, 0.25) is 0 Å². The van der Waals surface area contributed by atoms with Crippen molar-refractivity contribution in [2.24, 2.45) is 5.10 Å². The van der Waals surface area contributed by atoms with Gasteiger partial charge in [0, 0.05) is 11.6 Å². The molecular formula is C16H16N2O5. The summed E-state index contributed by atoms with van der Waals surface area (Å²) in [6.07, 6.45) is 1.26. The summed E-state index contributed by atoms with van der Waals surface area (Å²) in [5.41, 5.74) is 2.63. The molecule has 120 valence electrons. The molecule has 7 nitrogen and oxygen atoms in total. The van der Waals surface area contributed by atoms with Crippen LogP contribution in [0.2, 0.25) is 0 Å². The highest BCUT2D eigenvalue weighted by atomic mass is 16.5. The molecule has 0 saturated carbocycles. The second-order valence-corrected chi connectivity index (χ2v) is 4.48. The molecule has 23 heavy (non-hydrogen) atoms. The Morgan fingerprint density at radius 2 is 1.96 bits per heavy atom. The normalized spacial score (nSPS) is 10.5. The van der Waals surface area contributed by atoms with Gasteiger partial charge in [0.05, 0.1) is 13.3 Å². The van der Waals surface area contributed by atoms with Crippen LogP contribution >= 0.6 is 0 Å². The van der Waals surface area contributed by atoms with Crippen LogP contribution < -0.4 is 14.9 Å². The number of para-hydroxylation sites is 2. The zero-order valence-corrected chi connectivity index (χ0v) is 12.4. The van der Waals surface area contributed by atoms with Crippen molar-refractivity contribution in [1.29, 1.82) is 0 Å². The first-order chi connectivity index (χ1) is 11.1. The number of hydrogen-bond acceptors (Lipinski definition) is 6. The smallest absolute Gasteiger partial charge is 0.277 e. The van der Waals surface area contributed by atoms with Gasteiger partial charge in [0.15, 0.2) is 18.1 Å². The van der Waals surface area contributed by atoms with Crippen molar-refractivity contribution in [3.8, 4) is 23.0 Å². The first-order valence-electron chi connectivity index (χ1n) is 6.70. The van der Waals surface area contributed by atoms with E-state index in [0.717, 1.165) is 0 Å². The Kier molecular flexibility index (Phi) is 5.40. The van der Waals surface area contributed by atoms with E-state index >= 15 is 0 Å². The van der Waals surface area contributed by atoms with Crippen molar-refractivity contribution < 1.29 is 24.5 Å². The summed E-state index contributed by atoms with van der Waals surface area (Å²) >= 11 is 0. The van der Waals surface area contributed by atoms with Gasteiger partial charge in [0.1, 0.15) is 11.5 Å². The van der Waals surface area contributed by atoms with Gasteiger partial charge >= 0.3 is 0 Å². The summed E-state index contributed by atoms with van der Waals surface area (Å²) in [4.78, 5) is 11.7. The molecular weight excluding hydrogens is 300 g/mol. The molecule has 0 radical (unpaired) electrons. The molecule has 0 spiro atoms. The van der Waals surface area contributed by atoms with E-state index in [1.807, 2.05) is 0 Å². The van der Waals surface area contributed by atoms with Crippen LogP contribution in [0.1, 0.15) is 5.56 Å². The Balaban J connectivity index is 1.86. The minimum absolute atomic E-state index is 0.0612. The Bertz CT molecular complexity index is 715. The number of hydrogen-bond donors (Lipinski definition) is 3. The van der Waals surface area contributed by atoms with Crippen LogP contribution in [0.5, 0.6) is 23.0 Å². The number of methoxy groups -OCH3 is 1. The first-order valence-corrected chi connectivity index (χ1v) is 6.70. The van der Waals surface area contributed by atoms with Crippen LogP contribution in [-0.2, 0) is 4.79 Å². The molecule has 0 aromatic heterocycles. The van der Waals surface area contributed by atoms with Gasteiger partial charge in [-0.15, -0.1) is 0 Å². The van der Waals surface area contributed by atoms with E-state index in [2.05, 4.69) is 10.5 Å². The lowest BCUT2D eigenvalue weighted by atomic mass is 10.2. The SMILES string of the molecule is COc1ccccc1OCC(=O)N/N=C\c1ccc(O)cc1O. The fourth-order valence-corrected chi connectivity index (χ4v) is 1.73. The molecule has 0 unspecified atom stereocenters. The molecule has 0 saturated heterocycles. The number of ether oxygens (including phenoxy) is 2. The standard InChI is InChI=1S/C16H16N2O5/c1-22-14-4-2-3-5-15(14)23-10-16(21)18-17-9-11-6-7-12(19)8-13(11)20/h2-9,19-20H,10H2,1H3,(H,18,21)/b17-9-. The van der Waals surface area contributed by atoms with Crippen molar-refractivity contribution in [3.05, 3.63) is 48.0 Å². The maximum atomic E-state index is 11.7. The van der Waals surface area contributed by atoms with E-state index in [1.54, 1.807) is 24.3 Å². The molecule has 2 aromatic carbocycles. The topological polar surface area (TPSA) is 100 Å². The third-order valence-corrected chi connectivity index (χ3v) is 2.83. The highest BCUT2D eigenvalue weighted by molar-refractivity contribution is 5.85. The van der Waals surface area contributed by atoms with Crippen molar-refractivity contribution >= 4 is 12.1 Å². The molecule has 1 amide bonds.